The molecule has 0 atom stereocenters. The summed E-state index contributed by atoms with van der Waals surface area (Å²) in [5, 5.41) is 6.31. The molecule has 0 radical (unpaired) electrons. The van der Waals surface area contributed by atoms with Gasteiger partial charge in [0.2, 0.25) is 5.91 Å². The van der Waals surface area contributed by atoms with E-state index in [1.807, 2.05) is 24.3 Å². The number of hydrogen-bond donors (Lipinski definition) is 2. The molecule has 0 saturated carbocycles. The second kappa shape index (κ2) is 10.1. The van der Waals surface area contributed by atoms with Crippen LogP contribution in [0.2, 0.25) is 0 Å². The van der Waals surface area contributed by atoms with Gasteiger partial charge < -0.3 is 15.4 Å². The summed E-state index contributed by atoms with van der Waals surface area (Å²) in [6.07, 6.45) is 1.92. The summed E-state index contributed by atoms with van der Waals surface area (Å²) >= 11 is 5.22. The molecule has 1 aliphatic rings. The molecule has 2 rings (SSSR count). The van der Waals surface area contributed by atoms with Crippen LogP contribution in [0.3, 0.4) is 0 Å². The van der Waals surface area contributed by atoms with Crippen LogP contribution in [-0.4, -0.2) is 43.7 Å². The van der Waals surface area contributed by atoms with Gasteiger partial charge in [-0.15, -0.1) is 0 Å². The van der Waals surface area contributed by atoms with Gasteiger partial charge in [-0.3, -0.25) is 4.79 Å². The van der Waals surface area contributed by atoms with Gasteiger partial charge in [-0.05, 0) is 44.1 Å². The third-order valence-corrected chi connectivity index (χ3v) is 4.99. The predicted molar refractivity (Wildman–Crippen MR) is 95.6 cm³/mol. The van der Waals surface area contributed by atoms with Gasteiger partial charge in [0.25, 0.3) is 0 Å². The van der Waals surface area contributed by atoms with E-state index in [-0.39, 0.29) is 11.8 Å². The average molecular weight is 387 g/mol. The number of rotatable bonds is 8. The van der Waals surface area contributed by atoms with E-state index in [2.05, 4.69) is 26.6 Å². The van der Waals surface area contributed by atoms with Crippen molar-refractivity contribution in [1.82, 2.24) is 10.6 Å². The molecule has 6 heteroatoms. The van der Waals surface area contributed by atoms with E-state index < -0.39 is 0 Å². The number of piperidine rings is 1. The molecule has 0 spiro atoms. The van der Waals surface area contributed by atoms with E-state index in [9.17, 15) is 4.79 Å². The molecular formula is C16H23BrN2O2S. The lowest BCUT2D eigenvalue weighted by molar-refractivity contribution is -0.125. The van der Waals surface area contributed by atoms with Crippen LogP contribution in [0.5, 0.6) is 5.75 Å². The van der Waals surface area contributed by atoms with Gasteiger partial charge in [-0.2, -0.15) is 11.8 Å². The smallest absolute Gasteiger partial charge is 0.223 e. The highest BCUT2D eigenvalue weighted by Gasteiger charge is 2.19. The molecule has 0 unspecified atom stereocenters. The van der Waals surface area contributed by atoms with Crippen LogP contribution >= 0.6 is 27.7 Å². The van der Waals surface area contributed by atoms with Crippen molar-refractivity contribution >= 4 is 33.6 Å². The molecule has 0 aromatic heterocycles. The van der Waals surface area contributed by atoms with Crippen LogP contribution < -0.4 is 15.4 Å². The number of ether oxygens (including phenoxy) is 1. The first-order valence-electron chi connectivity index (χ1n) is 7.70. The number of thioether (sulfide) groups is 1. The van der Waals surface area contributed by atoms with Gasteiger partial charge >= 0.3 is 0 Å². The highest BCUT2D eigenvalue weighted by molar-refractivity contribution is 9.10. The molecule has 0 bridgehead atoms. The third kappa shape index (κ3) is 6.58. The Balaban J connectivity index is 1.48. The summed E-state index contributed by atoms with van der Waals surface area (Å²) < 4.78 is 6.69. The monoisotopic (exact) mass is 386 g/mol. The fourth-order valence-corrected chi connectivity index (χ4v) is 3.38. The molecule has 1 saturated heterocycles. The topological polar surface area (TPSA) is 50.4 Å². The summed E-state index contributed by atoms with van der Waals surface area (Å²) in [5.74, 6) is 3.15. The highest BCUT2D eigenvalue weighted by atomic mass is 79.9. The van der Waals surface area contributed by atoms with Gasteiger partial charge in [0.15, 0.2) is 0 Å². The zero-order chi connectivity index (χ0) is 15.6. The first kappa shape index (κ1) is 17.6. The molecule has 22 heavy (non-hydrogen) atoms. The van der Waals surface area contributed by atoms with Crippen LogP contribution in [0.15, 0.2) is 28.7 Å². The predicted octanol–water partition coefficient (Wildman–Crippen LogP) is 2.68. The van der Waals surface area contributed by atoms with Crippen molar-refractivity contribution in [2.45, 2.75) is 12.8 Å². The van der Waals surface area contributed by atoms with E-state index in [1.54, 1.807) is 11.8 Å². The van der Waals surface area contributed by atoms with Crippen LogP contribution in [0, 0.1) is 5.92 Å². The Hall–Kier alpha value is -0.720. The molecule has 1 amide bonds. The van der Waals surface area contributed by atoms with E-state index >= 15 is 0 Å². The van der Waals surface area contributed by atoms with Crippen molar-refractivity contribution in [1.29, 1.82) is 0 Å². The Kier molecular flexibility index (Phi) is 8.12. The highest BCUT2D eigenvalue weighted by Crippen LogP contribution is 2.18. The van der Waals surface area contributed by atoms with Crippen molar-refractivity contribution in [3.63, 3.8) is 0 Å². The summed E-state index contributed by atoms with van der Waals surface area (Å²) in [6.45, 7) is 3.34. The molecule has 1 aliphatic heterocycles. The maximum Gasteiger partial charge on any atom is 0.223 e. The zero-order valence-electron chi connectivity index (χ0n) is 12.6. The van der Waals surface area contributed by atoms with Gasteiger partial charge in [-0.1, -0.05) is 22.0 Å². The van der Waals surface area contributed by atoms with Crippen molar-refractivity contribution in [3.8, 4) is 5.75 Å². The first-order valence-corrected chi connectivity index (χ1v) is 9.65. The summed E-state index contributed by atoms with van der Waals surface area (Å²) in [7, 11) is 0. The Morgan fingerprint density at radius 1 is 1.36 bits per heavy atom. The number of benzene rings is 1. The minimum atomic E-state index is 0.200. The normalized spacial score (nSPS) is 15.5. The fourth-order valence-electron chi connectivity index (χ4n) is 2.35. The Labute approximate surface area is 144 Å². The molecule has 2 N–H and O–H groups in total. The standard InChI is InChI=1S/C16H23BrN2O2S/c17-14-2-1-3-15(12-14)21-9-11-22-10-8-19-16(20)13-4-6-18-7-5-13/h1-3,12-13,18H,4-11H2,(H,19,20). The lowest BCUT2D eigenvalue weighted by Crippen LogP contribution is -2.38. The summed E-state index contributed by atoms with van der Waals surface area (Å²) in [4.78, 5) is 11.9. The quantitative estimate of drug-likeness (QED) is 0.674. The lowest BCUT2D eigenvalue weighted by atomic mass is 9.97. The summed E-state index contributed by atoms with van der Waals surface area (Å²) in [6, 6.07) is 7.86. The molecule has 1 fully saturated rings. The van der Waals surface area contributed by atoms with Gasteiger partial charge in [-0.25, -0.2) is 0 Å². The van der Waals surface area contributed by atoms with Crippen LogP contribution in [-0.2, 0) is 4.79 Å². The molecule has 0 aliphatic carbocycles. The van der Waals surface area contributed by atoms with Crippen molar-refractivity contribution < 1.29 is 9.53 Å². The van der Waals surface area contributed by atoms with Crippen LogP contribution in [0.1, 0.15) is 12.8 Å². The van der Waals surface area contributed by atoms with Crippen molar-refractivity contribution in [2.75, 3.05) is 37.7 Å². The molecule has 1 aromatic rings. The second-order valence-corrected chi connectivity index (χ2v) is 7.37. The summed E-state index contributed by atoms with van der Waals surface area (Å²) in [5.41, 5.74) is 0. The molecular weight excluding hydrogens is 364 g/mol. The SMILES string of the molecule is O=C(NCCSCCOc1cccc(Br)c1)C1CCNCC1. The largest absolute Gasteiger partial charge is 0.493 e. The van der Waals surface area contributed by atoms with Crippen LogP contribution in [0.25, 0.3) is 0 Å². The van der Waals surface area contributed by atoms with Gasteiger partial charge in [0.1, 0.15) is 5.75 Å². The number of hydrogen-bond acceptors (Lipinski definition) is 4. The minimum Gasteiger partial charge on any atom is -0.493 e. The van der Waals surface area contributed by atoms with Crippen LogP contribution in [0.4, 0.5) is 0 Å². The lowest BCUT2D eigenvalue weighted by Gasteiger charge is -2.21. The van der Waals surface area contributed by atoms with E-state index in [1.165, 1.54) is 0 Å². The molecule has 1 aromatic carbocycles. The van der Waals surface area contributed by atoms with Gasteiger partial charge in [0, 0.05) is 28.4 Å². The van der Waals surface area contributed by atoms with E-state index in [4.69, 9.17) is 4.74 Å². The molecule has 122 valence electrons. The zero-order valence-corrected chi connectivity index (χ0v) is 15.0. The molecule has 4 nitrogen and oxygen atoms in total. The second-order valence-electron chi connectivity index (χ2n) is 5.23. The average Bonchev–Trinajstić information content (AvgIpc) is 2.54. The maximum absolute atomic E-state index is 11.9. The Morgan fingerprint density at radius 3 is 2.95 bits per heavy atom. The number of carbonyl (C=O) groups excluding carboxylic acids is 1. The Bertz CT molecular complexity index is 467. The molecule has 1 heterocycles. The van der Waals surface area contributed by atoms with E-state index in [0.717, 1.165) is 54.2 Å². The Morgan fingerprint density at radius 2 is 2.18 bits per heavy atom. The number of nitrogens with one attached hydrogen (secondary N) is 2. The third-order valence-electron chi connectivity index (χ3n) is 3.55. The first-order chi connectivity index (χ1) is 10.8. The maximum atomic E-state index is 11.9. The van der Waals surface area contributed by atoms with E-state index in [0.29, 0.717) is 6.61 Å². The van der Waals surface area contributed by atoms with Crippen molar-refractivity contribution in [2.24, 2.45) is 5.92 Å². The van der Waals surface area contributed by atoms with Crippen molar-refractivity contribution in [3.05, 3.63) is 28.7 Å². The van der Waals surface area contributed by atoms with Gasteiger partial charge in [0.05, 0.1) is 6.61 Å². The number of amides is 1. The number of halogens is 1. The fraction of sp³-hybridized carbons (Fsp3) is 0.562. The number of carbonyl (C=O) groups is 1. The minimum absolute atomic E-state index is 0.200.